The van der Waals surface area contributed by atoms with E-state index < -0.39 is 5.97 Å². The van der Waals surface area contributed by atoms with Gasteiger partial charge in [0.1, 0.15) is 5.76 Å². The summed E-state index contributed by atoms with van der Waals surface area (Å²) < 4.78 is 9.93. The second-order valence-electron chi connectivity index (χ2n) is 7.72. The average Bonchev–Trinajstić information content (AvgIpc) is 3.21. The number of rotatable bonds is 8. The van der Waals surface area contributed by atoms with Crippen LogP contribution in [0.15, 0.2) is 46.6 Å². The second kappa shape index (κ2) is 9.38. The van der Waals surface area contributed by atoms with Crippen LogP contribution in [0.25, 0.3) is 0 Å². The first-order chi connectivity index (χ1) is 14.7. The minimum atomic E-state index is -0.552. The summed E-state index contributed by atoms with van der Waals surface area (Å²) >= 11 is 1.09. The summed E-state index contributed by atoms with van der Waals surface area (Å²) in [5.74, 6) is -0.224. The van der Waals surface area contributed by atoms with Crippen molar-refractivity contribution in [3.63, 3.8) is 0 Å². The van der Waals surface area contributed by atoms with Gasteiger partial charge in [0.05, 0.1) is 11.5 Å². The highest BCUT2D eigenvalue weighted by Gasteiger charge is 2.38. The fourth-order valence-corrected chi connectivity index (χ4v) is 4.09. The van der Waals surface area contributed by atoms with Crippen LogP contribution in [0.4, 0.5) is 11.5 Å². The second-order valence-corrected chi connectivity index (χ2v) is 8.71. The maximum Gasteiger partial charge on any atom is 0.316 e. The molecule has 0 atom stereocenters. The molecule has 9 heteroatoms. The van der Waals surface area contributed by atoms with Gasteiger partial charge in [0.2, 0.25) is 5.91 Å². The Morgan fingerprint density at radius 1 is 1.26 bits per heavy atom. The molecule has 2 aromatic rings. The lowest BCUT2D eigenvalue weighted by atomic mass is 9.83. The highest BCUT2D eigenvalue weighted by Crippen LogP contribution is 2.46. The number of carbonyl (C=O) groups excluding carboxylic acids is 3. The lowest BCUT2D eigenvalue weighted by Gasteiger charge is -2.23. The number of anilines is 2. The largest absolute Gasteiger partial charge is 0.457 e. The van der Waals surface area contributed by atoms with Crippen molar-refractivity contribution < 1.29 is 23.6 Å². The number of aromatic nitrogens is 1. The zero-order chi connectivity index (χ0) is 22.6. The Morgan fingerprint density at radius 3 is 2.68 bits per heavy atom. The van der Waals surface area contributed by atoms with Crippen molar-refractivity contribution in [3.8, 4) is 0 Å². The van der Waals surface area contributed by atoms with Crippen molar-refractivity contribution in [1.29, 1.82) is 0 Å². The molecule has 1 aliphatic heterocycles. The van der Waals surface area contributed by atoms with Gasteiger partial charge in [-0.05, 0) is 18.6 Å². The Balaban J connectivity index is 1.44. The van der Waals surface area contributed by atoms with E-state index in [1.807, 2.05) is 36.2 Å². The zero-order valence-electron chi connectivity index (χ0n) is 17.9. The summed E-state index contributed by atoms with van der Waals surface area (Å²) in [7, 11) is 1.92. The molecule has 0 saturated heterocycles. The number of likely N-dealkylation sites (N-methyl/N-ethyl adjacent to an activating group) is 1. The molecule has 0 saturated carbocycles. The number of aryl methyl sites for hydroxylation is 1. The number of ether oxygens (including phenoxy) is 1. The SMILES string of the molecule is Cc1cc(NC(=O)CSCC(=O)OCC(=O)C=C2N(C)c3ccccc3C2(C)C)no1. The highest BCUT2D eigenvalue weighted by molar-refractivity contribution is 8.00. The molecule has 0 bridgehead atoms. The summed E-state index contributed by atoms with van der Waals surface area (Å²) in [5.41, 5.74) is 2.73. The van der Waals surface area contributed by atoms with Crippen molar-refractivity contribution in [2.75, 3.05) is 35.4 Å². The van der Waals surface area contributed by atoms with Crippen molar-refractivity contribution >= 4 is 40.9 Å². The molecule has 164 valence electrons. The van der Waals surface area contributed by atoms with Crippen LogP contribution in [-0.2, 0) is 24.5 Å². The normalized spacial score (nSPS) is 15.6. The maximum absolute atomic E-state index is 12.4. The number of hydrogen-bond acceptors (Lipinski definition) is 8. The lowest BCUT2D eigenvalue weighted by Crippen LogP contribution is -2.25. The Labute approximate surface area is 185 Å². The predicted octanol–water partition coefficient (Wildman–Crippen LogP) is 3.08. The molecule has 1 aromatic carbocycles. The number of para-hydroxylation sites is 1. The smallest absolute Gasteiger partial charge is 0.316 e. The van der Waals surface area contributed by atoms with Crippen LogP contribution in [0.5, 0.6) is 0 Å². The van der Waals surface area contributed by atoms with Crippen LogP contribution in [0.2, 0.25) is 0 Å². The molecular weight excluding hydrogens is 418 g/mol. The van der Waals surface area contributed by atoms with Gasteiger partial charge in [0, 0.05) is 36.0 Å². The molecule has 1 aliphatic rings. The number of fused-ring (bicyclic) bond motifs is 1. The molecule has 2 heterocycles. The summed E-state index contributed by atoms with van der Waals surface area (Å²) in [5, 5.41) is 6.23. The van der Waals surface area contributed by atoms with E-state index in [0.717, 1.165) is 28.7 Å². The minimum Gasteiger partial charge on any atom is -0.457 e. The number of carbonyl (C=O) groups is 3. The first kappa shape index (κ1) is 22.6. The molecule has 0 radical (unpaired) electrons. The Morgan fingerprint density at radius 2 is 2.00 bits per heavy atom. The van der Waals surface area contributed by atoms with Gasteiger partial charge in [-0.3, -0.25) is 14.4 Å². The number of esters is 1. The summed E-state index contributed by atoms with van der Waals surface area (Å²) in [6, 6.07) is 9.60. The van der Waals surface area contributed by atoms with Crippen molar-refractivity contribution in [1.82, 2.24) is 5.16 Å². The predicted molar refractivity (Wildman–Crippen MR) is 119 cm³/mol. The van der Waals surface area contributed by atoms with E-state index in [2.05, 4.69) is 24.3 Å². The van der Waals surface area contributed by atoms with Crippen molar-refractivity contribution in [2.24, 2.45) is 0 Å². The molecule has 0 unspecified atom stereocenters. The van der Waals surface area contributed by atoms with E-state index >= 15 is 0 Å². The molecule has 1 aromatic heterocycles. The van der Waals surface area contributed by atoms with E-state index in [1.54, 1.807) is 13.0 Å². The molecule has 1 N–H and O–H groups in total. The van der Waals surface area contributed by atoms with Gasteiger partial charge in [-0.1, -0.05) is 37.2 Å². The van der Waals surface area contributed by atoms with Gasteiger partial charge in [0.25, 0.3) is 0 Å². The third-order valence-electron chi connectivity index (χ3n) is 4.96. The fraction of sp³-hybridized carbons (Fsp3) is 0.364. The van der Waals surface area contributed by atoms with Gasteiger partial charge in [-0.15, -0.1) is 11.8 Å². The van der Waals surface area contributed by atoms with Gasteiger partial charge in [0.15, 0.2) is 18.2 Å². The number of allylic oxidation sites excluding steroid dienone is 1. The van der Waals surface area contributed by atoms with Gasteiger partial charge in [-0.2, -0.15) is 0 Å². The third-order valence-corrected chi connectivity index (χ3v) is 5.87. The molecule has 3 rings (SSSR count). The van der Waals surface area contributed by atoms with Gasteiger partial charge >= 0.3 is 5.97 Å². The maximum atomic E-state index is 12.4. The Bertz CT molecular complexity index is 1030. The topological polar surface area (TPSA) is 102 Å². The number of nitrogens with one attached hydrogen (secondary N) is 1. The summed E-state index contributed by atoms with van der Waals surface area (Å²) in [6.45, 7) is 5.49. The first-order valence-corrected chi connectivity index (χ1v) is 10.9. The van der Waals surface area contributed by atoms with Crippen LogP contribution in [-0.4, -0.2) is 48.0 Å². The van der Waals surface area contributed by atoms with E-state index in [4.69, 9.17) is 9.26 Å². The molecule has 0 fully saturated rings. The van der Waals surface area contributed by atoms with Crippen LogP contribution in [0, 0.1) is 6.92 Å². The molecule has 0 spiro atoms. The number of thioether (sulfide) groups is 1. The molecule has 1 amide bonds. The zero-order valence-corrected chi connectivity index (χ0v) is 18.7. The number of amides is 1. The minimum absolute atomic E-state index is 0.0358. The molecule has 8 nitrogen and oxygen atoms in total. The standard InChI is InChI=1S/C22H25N3O5S/c1-14-9-19(24-30-14)23-20(27)12-31-13-21(28)29-11-15(26)10-18-22(2,3)16-7-5-6-8-17(16)25(18)4/h5-10H,11-13H2,1-4H3,(H,23,24,27). The molecule has 31 heavy (non-hydrogen) atoms. The third kappa shape index (κ3) is 5.35. The summed E-state index contributed by atoms with van der Waals surface area (Å²) in [4.78, 5) is 38.1. The van der Waals surface area contributed by atoms with E-state index in [9.17, 15) is 14.4 Å². The number of benzene rings is 1. The number of hydrogen-bond donors (Lipinski definition) is 1. The molecule has 0 aliphatic carbocycles. The Kier molecular flexibility index (Phi) is 6.84. The van der Waals surface area contributed by atoms with Crippen LogP contribution in [0.3, 0.4) is 0 Å². The number of ketones is 1. The lowest BCUT2D eigenvalue weighted by molar-refractivity contribution is -0.144. The van der Waals surface area contributed by atoms with E-state index in [1.165, 1.54) is 6.08 Å². The van der Waals surface area contributed by atoms with Crippen LogP contribution in [0.1, 0.15) is 25.2 Å². The average molecular weight is 444 g/mol. The highest BCUT2D eigenvalue weighted by atomic mass is 32.2. The quantitative estimate of drug-likeness (QED) is 0.491. The van der Waals surface area contributed by atoms with Gasteiger partial charge < -0.3 is 19.5 Å². The van der Waals surface area contributed by atoms with Crippen LogP contribution < -0.4 is 10.2 Å². The number of nitrogens with zero attached hydrogens (tertiary/aromatic N) is 2. The summed E-state index contributed by atoms with van der Waals surface area (Å²) in [6.07, 6.45) is 1.54. The van der Waals surface area contributed by atoms with Crippen molar-refractivity contribution in [3.05, 3.63) is 53.4 Å². The fourth-order valence-electron chi connectivity index (χ4n) is 3.48. The Hall–Kier alpha value is -3.07. The van der Waals surface area contributed by atoms with Gasteiger partial charge in [-0.25, -0.2) is 0 Å². The monoisotopic (exact) mass is 443 g/mol. The molecular formula is C22H25N3O5S. The first-order valence-electron chi connectivity index (χ1n) is 9.73. The van der Waals surface area contributed by atoms with E-state index in [-0.39, 0.29) is 35.2 Å². The van der Waals surface area contributed by atoms with Crippen LogP contribution >= 0.6 is 11.8 Å². The van der Waals surface area contributed by atoms with Crippen molar-refractivity contribution in [2.45, 2.75) is 26.2 Å². The van der Waals surface area contributed by atoms with E-state index in [0.29, 0.717) is 11.6 Å².